The summed E-state index contributed by atoms with van der Waals surface area (Å²) in [6, 6.07) is 5.45. The lowest BCUT2D eigenvalue weighted by Gasteiger charge is -2.08. The van der Waals surface area contributed by atoms with Crippen LogP contribution >= 0.6 is 0 Å². The number of ether oxygens (including phenoxy) is 1. The molecule has 0 saturated carbocycles. The van der Waals surface area contributed by atoms with Gasteiger partial charge in [-0.3, -0.25) is 4.79 Å². The number of carbonyl (C=O) groups is 1. The Morgan fingerprint density at radius 3 is 2.86 bits per heavy atom. The molecule has 14 heavy (non-hydrogen) atoms. The van der Waals surface area contributed by atoms with Crippen LogP contribution in [-0.2, 0) is 4.79 Å². The van der Waals surface area contributed by atoms with Crippen molar-refractivity contribution in [3.8, 4) is 5.75 Å². The maximum atomic E-state index is 10.9. The largest absolute Gasteiger partial charge is 0.482 e. The second-order valence-electron chi connectivity index (χ2n) is 3.00. The average molecular weight is 194 g/mol. The van der Waals surface area contributed by atoms with Gasteiger partial charge in [-0.15, -0.1) is 0 Å². The second-order valence-corrected chi connectivity index (χ2v) is 3.00. The van der Waals surface area contributed by atoms with Crippen LogP contribution in [0.5, 0.6) is 5.75 Å². The SMILES string of the molecule is CNC(=O)COc1ccc(C)cc1N. The molecule has 76 valence electrons. The Hall–Kier alpha value is -1.71. The van der Waals surface area contributed by atoms with E-state index in [0.29, 0.717) is 11.4 Å². The molecular formula is C10H14N2O2. The summed E-state index contributed by atoms with van der Waals surface area (Å²) in [5, 5.41) is 2.46. The third kappa shape index (κ3) is 2.65. The highest BCUT2D eigenvalue weighted by Gasteiger charge is 2.02. The minimum Gasteiger partial charge on any atom is -0.482 e. The van der Waals surface area contributed by atoms with Gasteiger partial charge in [0.15, 0.2) is 6.61 Å². The quantitative estimate of drug-likeness (QED) is 0.696. The van der Waals surface area contributed by atoms with Crippen LogP contribution < -0.4 is 15.8 Å². The summed E-state index contributed by atoms with van der Waals surface area (Å²) >= 11 is 0. The van der Waals surface area contributed by atoms with Gasteiger partial charge in [-0.05, 0) is 24.6 Å². The lowest BCUT2D eigenvalue weighted by atomic mass is 10.2. The van der Waals surface area contributed by atoms with Crippen molar-refractivity contribution in [2.75, 3.05) is 19.4 Å². The van der Waals surface area contributed by atoms with Crippen molar-refractivity contribution in [3.05, 3.63) is 23.8 Å². The van der Waals surface area contributed by atoms with E-state index in [9.17, 15) is 4.79 Å². The molecule has 0 saturated heterocycles. The van der Waals surface area contributed by atoms with E-state index < -0.39 is 0 Å². The lowest BCUT2D eigenvalue weighted by molar-refractivity contribution is -0.122. The molecule has 1 rings (SSSR count). The fraction of sp³-hybridized carbons (Fsp3) is 0.300. The Morgan fingerprint density at radius 2 is 2.29 bits per heavy atom. The fourth-order valence-electron chi connectivity index (χ4n) is 1.01. The molecule has 0 aliphatic heterocycles. The molecule has 0 spiro atoms. The second kappa shape index (κ2) is 4.50. The van der Waals surface area contributed by atoms with E-state index in [1.165, 1.54) is 0 Å². The number of amides is 1. The van der Waals surface area contributed by atoms with E-state index in [2.05, 4.69) is 5.32 Å². The predicted molar refractivity (Wildman–Crippen MR) is 55.2 cm³/mol. The zero-order valence-electron chi connectivity index (χ0n) is 8.33. The van der Waals surface area contributed by atoms with Crippen LogP contribution in [0, 0.1) is 6.92 Å². The standard InChI is InChI=1S/C10H14N2O2/c1-7-3-4-9(8(11)5-7)14-6-10(13)12-2/h3-5H,6,11H2,1-2H3,(H,12,13). The molecule has 1 amide bonds. The van der Waals surface area contributed by atoms with Gasteiger partial charge in [-0.2, -0.15) is 0 Å². The van der Waals surface area contributed by atoms with Crippen molar-refractivity contribution in [1.82, 2.24) is 5.32 Å². The third-order valence-electron chi connectivity index (χ3n) is 1.80. The fourth-order valence-corrected chi connectivity index (χ4v) is 1.01. The maximum absolute atomic E-state index is 10.9. The van der Waals surface area contributed by atoms with E-state index in [1.807, 2.05) is 13.0 Å². The van der Waals surface area contributed by atoms with Gasteiger partial charge in [0.25, 0.3) is 5.91 Å². The summed E-state index contributed by atoms with van der Waals surface area (Å²) in [7, 11) is 1.56. The number of nitrogens with one attached hydrogen (secondary N) is 1. The molecule has 4 nitrogen and oxygen atoms in total. The number of anilines is 1. The van der Waals surface area contributed by atoms with Crippen LogP contribution in [0.15, 0.2) is 18.2 Å². The van der Waals surface area contributed by atoms with Crippen LogP contribution in [0.4, 0.5) is 5.69 Å². The lowest BCUT2D eigenvalue weighted by Crippen LogP contribution is -2.25. The molecule has 0 atom stereocenters. The molecule has 4 heteroatoms. The zero-order chi connectivity index (χ0) is 10.6. The number of rotatable bonds is 3. The third-order valence-corrected chi connectivity index (χ3v) is 1.80. The summed E-state index contributed by atoms with van der Waals surface area (Å²) in [6.07, 6.45) is 0. The predicted octanol–water partition coefficient (Wildman–Crippen LogP) is 0.702. The first-order valence-corrected chi connectivity index (χ1v) is 4.33. The minimum atomic E-state index is -0.176. The topological polar surface area (TPSA) is 64.3 Å². The van der Waals surface area contributed by atoms with E-state index >= 15 is 0 Å². The van der Waals surface area contributed by atoms with Crippen LogP contribution in [0.1, 0.15) is 5.56 Å². The molecule has 1 aromatic rings. The van der Waals surface area contributed by atoms with Gasteiger partial charge in [-0.25, -0.2) is 0 Å². The summed E-state index contributed by atoms with van der Waals surface area (Å²) in [6.45, 7) is 1.93. The monoisotopic (exact) mass is 194 g/mol. The Labute approximate surface area is 83.1 Å². The highest BCUT2D eigenvalue weighted by molar-refractivity contribution is 5.77. The summed E-state index contributed by atoms with van der Waals surface area (Å²) < 4.78 is 5.21. The van der Waals surface area contributed by atoms with E-state index in [1.54, 1.807) is 19.2 Å². The van der Waals surface area contributed by atoms with Crippen molar-refractivity contribution in [2.45, 2.75) is 6.92 Å². The van der Waals surface area contributed by atoms with Gasteiger partial charge in [0.2, 0.25) is 0 Å². The van der Waals surface area contributed by atoms with Crippen molar-refractivity contribution in [2.24, 2.45) is 0 Å². The number of nitrogens with two attached hydrogens (primary N) is 1. The number of carbonyl (C=O) groups excluding carboxylic acids is 1. The van der Waals surface area contributed by atoms with Gasteiger partial charge in [0, 0.05) is 7.05 Å². The van der Waals surface area contributed by atoms with Gasteiger partial charge in [0.05, 0.1) is 5.69 Å². The van der Waals surface area contributed by atoms with Crippen molar-refractivity contribution < 1.29 is 9.53 Å². The molecular weight excluding hydrogens is 180 g/mol. The Morgan fingerprint density at radius 1 is 1.57 bits per heavy atom. The molecule has 1 aromatic carbocycles. The van der Waals surface area contributed by atoms with Crippen molar-refractivity contribution in [3.63, 3.8) is 0 Å². The first kappa shape index (κ1) is 10.4. The number of aryl methyl sites for hydroxylation is 1. The molecule has 0 heterocycles. The molecule has 0 fully saturated rings. The number of benzene rings is 1. The van der Waals surface area contributed by atoms with E-state index in [0.717, 1.165) is 5.56 Å². The normalized spacial score (nSPS) is 9.57. The number of nitrogen functional groups attached to an aromatic ring is 1. The maximum Gasteiger partial charge on any atom is 0.257 e. The molecule has 0 unspecified atom stereocenters. The summed E-state index contributed by atoms with van der Waals surface area (Å²) in [5.74, 6) is 0.365. The first-order valence-electron chi connectivity index (χ1n) is 4.33. The van der Waals surface area contributed by atoms with Crippen LogP contribution in [0.2, 0.25) is 0 Å². The van der Waals surface area contributed by atoms with E-state index in [-0.39, 0.29) is 12.5 Å². The average Bonchev–Trinajstić information content (AvgIpc) is 2.16. The summed E-state index contributed by atoms with van der Waals surface area (Å²) in [4.78, 5) is 10.9. The van der Waals surface area contributed by atoms with Gasteiger partial charge in [0.1, 0.15) is 5.75 Å². The number of likely N-dealkylation sites (N-methyl/N-ethyl adjacent to an activating group) is 1. The van der Waals surface area contributed by atoms with Gasteiger partial charge >= 0.3 is 0 Å². The zero-order valence-corrected chi connectivity index (χ0v) is 8.33. The smallest absolute Gasteiger partial charge is 0.257 e. The summed E-state index contributed by atoms with van der Waals surface area (Å²) in [5.41, 5.74) is 7.31. The Kier molecular flexibility index (Phi) is 3.34. The first-order chi connectivity index (χ1) is 6.63. The van der Waals surface area contributed by atoms with Crippen LogP contribution in [0.3, 0.4) is 0 Å². The van der Waals surface area contributed by atoms with E-state index in [4.69, 9.17) is 10.5 Å². The Balaban J connectivity index is 2.63. The molecule has 0 aliphatic rings. The van der Waals surface area contributed by atoms with Crippen molar-refractivity contribution in [1.29, 1.82) is 0 Å². The molecule has 3 N–H and O–H groups in total. The highest BCUT2D eigenvalue weighted by atomic mass is 16.5. The molecule has 0 bridgehead atoms. The van der Waals surface area contributed by atoms with Crippen molar-refractivity contribution >= 4 is 11.6 Å². The molecule has 0 aliphatic carbocycles. The minimum absolute atomic E-state index is 0.0102. The number of hydrogen-bond acceptors (Lipinski definition) is 3. The Bertz CT molecular complexity index is 337. The van der Waals surface area contributed by atoms with Crippen LogP contribution in [-0.4, -0.2) is 19.6 Å². The number of hydrogen-bond donors (Lipinski definition) is 2. The van der Waals surface area contributed by atoms with Crippen LogP contribution in [0.25, 0.3) is 0 Å². The molecule has 0 radical (unpaired) electrons. The van der Waals surface area contributed by atoms with Gasteiger partial charge < -0.3 is 15.8 Å². The molecule has 0 aromatic heterocycles. The highest BCUT2D eigenvalue weighted by Crippen LogP contribution is 2.21. The van der Waals surface area contributed by atoms with Gasteiger partial charge in [-0.1, -0.05) is 6.07 Å².